The topological polar surface area (TPSA) is 94.3 Å². The van der Waals surface area contributed by atoms with Crippen molar-refractivity contribution in [2.75, 3.05) is 13.2 Å². The van der Waals surface area contributed by atoms with Crippen LogP contribution in [0.25, 0.3) is 22.4 Å². The number of hydrogen-bond donors (Lipinski definition) is 1. The van der Waals surface area contributed by atoms with E-state index in [9.17, 15) is 14.0 Å². The summed E-state index contributed by atoms with van der Waals surface area (Å²) in [5.41, 5.74) is 2.37. The van der Waals surface area contributed by atoms with Crippen LogP contribution in [-0.2, 0) is 16.1 Å². The van der Waals surface area contributed by atoms with Crippen LogP contribution in [0.2, 0.25) is 0 Å². The molecule has 1 aliphatic carbocycles. The van der Waals surface area contributed by atoms with Gasteiger partial charge in [0, 0.05) is 36.0 Å². The Morgan fingerprint density at radius 3 is 2.48 bits per heavy atom. The first kappa shape index (κ1) is 22.8. The van der Waals surface area contributed by atoms with E-state index in [1.165, 1.54) is 23.0 Å². The second kappa shape index (κ2) is 10.5. The molecule has 0 saturated heterocycles. The molecule has 8 heteroatoms. The van der Waals surface area contributed by atoms with E-state index in [0.717, 1.165) is 31.2 Å². The number of pyridine rings is 1. The predicted molar refractivity (Wildman–Crippen MR) is 121 cm³/mol. The third kappa shape index (κ3) is 5.90. The van der Waals surface area contributed by atoms with Crippen molar-refractivity contribution in [3.05, 3.63) is 71.0 Å². The summed E-state index contributed by atoms with van der Waals surface area (Å²) in [5, 5.41) is 13.4. The highest BCUT2D eigenvalue weighted by molar-refractivity contribution is 5.79. The van der Waals surface area contributed by atoms with Crippen molar-refractivity contribution in [3.63, 3.8) is 0 Å². The molecule has 3 aromatic rings. The number of nitrogens with zero attached hydrogens (tertiary/aromatic N) is 3. The molecule has 7 nitrogen and oxygen atoms in total. The van der Waals surface area contributed by atoms with E-state index in [0.29, 0.717) is 41.8 Å². The lowest BCUT2D eigenvalue weighted by molar-refractivity contribution is -0.142. The van der Waals surface area contributed by atoms with Gasteiger partial charge in [0.05, 0.1) is 12.3 Å². The number of carboxylic acid groups (broad SMARTS) is 1. The van der Waals surface area contributed by atoms with Gasteiger partial charge in [-0.15, -0.1) is 0 Å². The number of ether oxygens (including phenoxy) is 1. The number of carbonyl (C=O) groups is 1. The van der Waals surface area contributed by atoms with Crippen LogP contribution < -0.4 is 5.56 Å². The summed E-state index contributed by atoms with van der Waals surface area (Å²) in [6.45, 7) is 0.689. The molecular formula is C25H26FN3O4. The lowest BCUT2D eigenvalue weighted by Gasteiger charge is -2.28. The summed E-state index contributed by atoms with van der Waals surface area (Å²) >= 11 is 0. The van der Waals surface area contributed by atoms with Crippen molar-refractivity contribution in [1.82, 2.24) is 14.8 Å². The highest BCUT2D eigenvalue weighted by atomic mass is 19.1. The van der Waals surface area contributed by atoms with Crippen LogP contribution in [0.3, 0.4) is 0 Å². The summed E-state index contributed by atoms with van der Waals surface area (Å²) < 4.78 is 20.5. The third-order valence-corrected chi connectivity index (χ3v) is 6.06. The lowest BCUT2D eigenvalue weighted by Crippen LogP contribution is -2.29. The van der Waals surface area contributed by atoms with Gasteiger partial charge in [0.15, 0.2) is 0 Å². The highest BCUT2D eigenvalue weighted by Gasteiger charge is 2.23. The molecule has 1 fully saturated rings. The minimum Gasteiger partial charge on any atom is -0.480 e. The Morgan fingerprint density at radius 2 is 1.79 bits per heavy atom. The summed E-state index contributed by atoms with van der Waals surface area (Å²) in [4.78, 5) is 27.2. The van der Waals surface area contributed by atoms with Crippen molar-refractivity contribution < 1.29 is 19.0 Å². The maximum Gasteiger partial charge on any atom is 0.329 e. The van der Waals surface area contributed by atoms with Crippen molar-refractivity contribution >= 4 is 5.97 Å². The molecule has 2 heterocycles. The second-order valence-electron chi connectivity index (χ2n) is 8.46. The molecule has 0 amide bonds. The van der Waals surface area contributed by atoms with E-state index in [1.807, 2.05) is 30.3 Å². The summed E-state index contributed by atoms with van der Waals surface area (Å²) in [6, 6.07) is 14.0. The van der Waals surface area contributed by atoms with Gasteiger partial charge in [0.1, 0.15) is 6.61 Å². The van der Waals surface area contributed by atoms with Crippen molar-refractivity contribution in [3.8, 4) is 22.4 Å². The number of carboxylic acids is 1. The van der Waals surface area contributed by atoms with Gasteiger partial charge >= 0.3 is 5.97 Å². The molecule has 0 aliphatic heterocycles. The normalized spacial score (nSPS) is 18.2. The third-order valence-electron chi connectivity index (χ3n) is 6.06. The Morgan fingerprint density at radius 1 is 1.06 bits per heavy atom. The molecule has 0 radical (unpaired) electrons. The minimum absolute atomic E-state index is 0.228. The fraction of sp³-hybridized carbons (Fsp3) is 0.360. The number of aromatic nitrogens is 3. The van der Waals surface area contributed by atoms with E-state index in [1.54, 1.807) is 6.07 Å². The van der Waals surface area contributed by atoms with E-state index in [4.69, 9.17) is 14.9 Å². The first-order valence-electron chi connectivity index (χ1n) is 11.1. The van der Waals surface area contributed by atoms with Gasteiger partial charge in [-0.05, 0) is 49.1 Å². The van der Waals surface area contributed by atoms with E-state index in [-0.39, 0.29) is 12.2 Å². The summed E-state index contributed by atoms with van der Waals surface area (Å²) in [7, 11) is 0. The Labute approximate surface area is 190 Å². The fourth-order valence-corrected chi connectivity index (χ4v) is 4.36. The second-order valence-corrected chi connectivity index (χ2v) is 8.46. The molecule has 1 N–H and O–H groups in total. The molecule has 4 rings (SSSR count). The molecule has 0 atom stereocenters. The van der Waals surface area contributed by atoms with Gasteiger partial charge in [0.2, 0.25) is 5.95 Å². The zero-order chi connectivity index (χ0) is 23.2. The quantitative estimate of drug-likeness (QED) is 0.520. The first-order valence-corrected chi connectivity index (χ1v) is 11.1. The Bertz CT molecular complexity index is 1160. The molecule has 1 aliphatic rings. The maximum atomic E-state index is 13.8. The molecule has 172 valence electrons. The highest BCUT2D eigenvalue weighted by Crippen LogP contribution is 2.31. The summed E-state index contributed by atoms with van der Waals surface area (Å²) in [6.07, 6.45) is 5.09. The maximum absolute atomic E-state index is 13.8. The van der Waals surface area contributed by atoms with Crippen LogP contribution >= 0.6 is 0 Å². The molecule has 1 saturated carbocycles. The molecule has 2 aromatic heterocycles. The van der Waals surface area contributed by atoms with Gasteiger partial charge in [-0.2, -0.15) is 9.49 Å². The predicted octanol–water partition coefficient (Wildman–Crippen LogP) is 4.02. The molecule has 33 heavy (non-hydrogen) atoms. The number of halogens is 1. The smallest absolute Gasteiger partial charge is 0.329 e. The van der Waals surface area contributed by atoms with Crippen LogP contribution in [-0.4, -0.2) is 39.1 Å². The van der Waals surface area contributed by atoms with Crippen LogP contribution in [0.5, 0.6) is 0 Å². The van der Waals surface area contributed by atoms with Crippen molar-refractivity contribution in [2.24, 2.45) is 11.8 Å². The number of hydrogen-bond acceptors (Lipinski definition) is 5. The van der Waals surface area contributed by atoms with Gasteiger partial charge in [-0.1, -0.05) is 30.3 Å². The zero-order valence-electron chi connectivity index (χ0n) is 18.2. The van der Waals surface area contributed by atoms with Gasteiger partial charge < -0.3 is 9.84 Å². The summed E-state index contributed by atoms with van der Waals surface area (Å²) in [5.74, 6) is -0.922. The Balaban J connectivity index is 1.54. The molecular weight excluding hydrogens is 425 g/mol. The fourth-order valence-electron chi connectivity index (χ4n) is 4.36. The van der Waals surface area contributed by atoms with E-state index >= 15 is 0 Å². The van der Waals surface area contributed by atoms with Crippen LogP contribution in [0, 0.1) is 17.8 Å². The monoisotopic (exact) mass is 451 g/mol. The van der Waals surface area contributed by atoms with Crippen LogP contribution in [0.15, 0.2) is 59.5 Å². The zero-order valence-corrected chi connectivity index (χ0v) is 18.2. The van der Waals surface area contributed by atoms with Crippen LogP contribution in [0.4, 0.5) is 4.39 Å². The molecule has 1 aromatic carbocycles. The van der Waals surface area contributed by atoms with Crippen LogP contribution in [0.1, 0.15) is 25.7 Å². The van der Waals surface area contributed by atoms with Crippen molar-refractivity contribution in [2.45, 2.75) is 32.2 Å². The SMILES string of the molecule is O=C(O)COC[C@H]1CC[C@@H](Cn2nc(-c3ccccc3)c(-c3ccnc(F)c3)cc2=O)CC1. The number of benzene rings is 1. The Hall–Kier alpha value is -3.39. The number of aliphatic carboxylic acids is 1. The average molecular weight is 451 g/mol. The largest absolute Gasteiger partial charge is 0.480 e. The minimum atomic E-state index is -0.957. The lowest BCUT2D eigenvalue weighted by atomic mass is 9.82. The Kier molecular flexibility index (Phi) is 7.24. The average Bonchev–Trinajstić information content (AvgIpc) is 2.81. The van der Waals surface area contributed by atoms with E-state index < -0.39 is 11.9 Å². The van der Waals surface area contributed by atoms with Crippen molar-refractivity contribution in [1.29, 1.82) is 0 Å². The van der Waals surface area contributed by atoms with Gasteiger partial charge in [-0.25, -0.2) is 14.5 Å². The molecule has 0 unspecified atom stereocenters. The van der Waals surface area contributed by atoms with Gasteiger partial charge in [-0.3, -0.25) is 4.79 Å². The standard InChI is InChI=1S/C25H26FN3O4/c26-22-12-20(10-11-27-22)21-13-23(30)29(28-25(21)19-4-2-1-3-5-19)14-17-6-8-18(9-7-17)15-33-16-24(31)32/h1-5,10-13,17-18H,6-9,14-16H2,(H,31,32)/t17-,18+. The number of rotatable bonds is 8. The van der Waals surface area contributed by atoms with Gasteiger partial charge in [0.25, 0.3) is 5.56 Å². The first-order chi connectivity index (χ1) is 16.0. The molecule has 0 bridgehead atoms. The van der Waals surface area contributed by atoms with E-state index in [2.05, 4.69) is 4.98 Å². The molecule has 0 spiro atoms.